The van der Waals surface area contributed by atoms with Crippen LogP contribution in [0.25, 0.3) is 0 Å². The average Bonchev–Trinajstić information content (AvgIpc) is 2.66. The molecule has 0 bridgehead atoms. The summed E-state index contributed by atoms with van der Waals surface area (Å²) in [5.41, 5.74) is 1.77. The molecule has 0 unspecified atom stereocenters. The van der Waals surface area contributed by atoms with E-state index in [-0.39, 0.29) is 11.6 Å². The van der Waals surface area contributed by atoms with Crippen LogP contribution in [0.5, 0.6) is 0 Å². The summed E-state index contributed by atoms with van der Waals surface area (Å²) in [6, 6.07) is 12.4. The third-order valence-electron chi connectivity index (χ3n) is 3.26. The summed E-state index contributed by atoms with van der Waals surface area (Å²) in [6.07, 6.45) is 0. The van der Waals surface area contributed by atoms with Crippen LogP contribution in [-0.4, -0.2) is 11.6 Å². The van der Waals surface area contributed by atoms with Gasteiger partial charge in [0, 0.05) is 20.1 Å². The highest BCUT2D eigenvalue weighted by atomic mass is 79.9. The van der Waals surface area contributed by atoms with E-state index in [1.807, 2.05) is 12.1 Å². The Bertz CT molecular complexity index is 672. The van der Waals surface area contributed by atoms with Gasteiger partial charge in [0.25, 0.3) is 0 Å². The SMILES string of the molecule is O=C1c2ccccc2C(=O)C1c1ccc(Br)c(Br)c1. The van der Waals surface area contributed by atoms with Gasteiger partial charge in [-0.3, -0.25) is 9.59 Å². The third kappa shape index (κ3) is 1.99. The van der Waals surface area contributed by atoms with Crippen molar-refractivity contribution in [2.45, 2.75) is 5.92 Å². The van der Waals surface area contributed by atoms with Gasteiger partial charge in [0.05, 0.1) is 0 Å². The van der Waals surface area contributed by atoms with Crippen LogP contribution in [-0.2, 0) is 0 Å². The summed E-state index contributed by atoms with van der Waals surface area (Å²) in [7, 11) is 0. The zero-order chi connectivity index (χ0) is 13.6. The normalized spacial score (nSPS) is 14.8. The standard InChI is InChI=1S/C15H8Br2O2/c16-11-6-5-8(7-12(11)17)13-14(18)9-3-1-2-4-10(9)15(13)19/h1-7,13H. The summed E-state index contributed by atoms with van der Waals surface area (Å²) in [5.74, 6) is -0.938. The van der Waals surface area contributed by atoms with Crippen molar-refractivity contribution in [3.05, 3.63) is 68.1 Å². The first kappa shape index (κ1) is 12.8. The van der Waals surface area contributed by atoms with Crippen molar-refractivity contribution in [1.29, 1.82) is 0 Å². The van der Waals surface area contributed by atoms with Gasteiger partial charge in [0.2, 0.25) is 0 Å². The first-order chi connectivity index (χ1) is 9.09. The Balaban J connectivity index is 2.11. The number of carbonyl (C=O) groups is 2. The van der Waals surface area contributed by atoms with Crippen LogP contribution >= 0.6 is 31.9 Å². The highest BCUT2D eigenvalue weighted by molar-refractivity contribution is 9.13. The van der Waals surface area contributed by atoms with Crippen LogP contribution < -0.4 is 0 Å². The van der Waals surface area contributed by atoms with E-state index < -0.39 is 5.92 Å². The Hall–Kier alpha value is -1.26. The van der Waals surface area contributed by atoms with Crippen molar-refractivity contribution in [1.82, 2.24) is 0 Å². The lowest BCUT2D eigenvalue weighted by Gasteiger charge is -2.08. The first-order valence-electron chi connectivity index (χ1n) is 5.72. The molecule has 0 radical (unpaired) electrons. The van der Waals surface area contributed by atoms with E-state index in [9.17, 15) is 9.59 Å². The number of ketones is 2. The molecule has 2 aromatic rings. The maximum atomic E-state index is 12.4. The monoisotopic (exact) mass is 378 g/mol. The fourth-order valence-corrected chi connectivity index (χ4v) is 2.98. The number of carbonyl (C=O) groups excluding carboxylic acids is 2. The molecule has 0 saturated heterocycles. The van der Waals surface area contributed by atoms with Gasteiger partial charge in [-0.2, -0.15) is 0 Å². The Morgan fingerprint density at radius 1 is 0.789 bits per heavy atom. The van der Waals surface area contributed by atoms with Crippen LogP contribution in [0, 0.1) is 0 Å². The molecule has 0 spiro atoms. The van der Waals surface area contributed by atoms with Crippen molar-refractivity contribution in [2.75, 3.05) is 0 Å². The van der Waals surface area contributed by atoms with E-state index in [1.54, 1.807) is 30.3 Å². The van der Waals surface area contributed by atoms with Crippen LogP contribution in [0.1, 0.15) is 32.2 Å². The summed E-state index contributed by atoms with van der Waals surface area (Å²) in [5, 5.41) is 0. The maximum absolute atomic E-state index is 12.4. The van der Waals surface area contributed by atoms with E-state index in [4.69, 9.17) is 0 Å². The van der Waals surface area contributed by atoms with E-state index in [0.29, 0.717) is 11.1 Å². The van der Waals surface area contributed by atoms with E-state index in [2.05, 4.69) is 31.9 Å². The molecule has 2 aromatic carbocycles. The van der Waals surface area contributed by atoms with Crippen molar-refractivity contribution < 1.29 is 9.59 Å². The number of hydrogen-bond donors (Lipinski definition) is 0. The van der Waals surface area contributed by atoms with Gasteiger partial charge in [0.15, 0.2) is 11.6 Å². The zero-order valence-electron chi connectivity index (χ0n) is 9.69. The second-order valence-electron chi connectivity index (χ2n) is 4.38. The number of Topliss-reactive ketones (excluding diaryl/α,β-unsaturated/α-hetero) is 2. The fraction of sp³-hybridized carbons (Fsp3) is 0.0667. The number of benzene rings is 2. The molecule has 1 aliphatic carbocycles. The molecule has 0 aliphatic heterocycles. The lowest BCUT2D eigenvalue weighted by Crippen LogP contribution is -2.12. The molecular formula is C15H8Br2O2. The molecule has 0 N–H and O–H groups in total. The van der Waals surface area contributed by atoms with Gasteiger partial charge in [-0.15, -0.1) is 0 Å². The Morgan fingerprint density at radius 3 is 1.89 bits per heavy atom. The molecule has 0 heterocycles. The predicted octanol–water partition coefficient (Wildman–Crippen LogP) is 4.37. The summed E-state index contributed by atoms with van der Waals surface area (Å²) in [4.78, 5) is 24.7. The van der Waals surface area contributed by atoms with E-state index in [0.717, 1.165) is 14.5 Å². The Morgan fingerprint density at radius 2 is 1.37 bits per heavy atom. The third-order valence-corrected chi connectivity index (χ3v) is 5.14. The number of hydrogen-bond acceptors (Lipinski definition) is 2. The van der Waals surface area contributed by atoms with E-state index in [1.165, 1.54) is 0 Å². The van der Waals surface area contributed by atoms with E-state index >= 15 is 0 Å². The van der Waals surface area contributed by atoms with Gasteiger partial charge in [0.1, 0.15) is 5.92 Å². The van der Waals surface area contributed by atoms with Gasteiger partial charge < -0.3 is 0 Å². The van der Waals surface area contributed by atoms with Crippen molar-refractivity contribution in [3.8, 4) is 0 Å². The molecule has 3 rings (SSSR count). The lowest BCUT2D eigenvalue weighted by molar-refractivity contribution is 0.0890. The lowest BCUT2D eigenvalue weighted by atomic mass is 9.94. The number of rotatable bonds is 1. The smallest absolute Gasteiger partial charge is 0.178 e. The van der Waals surface area contributed by atoms with Crippen molar-refractivity contribution in [3.63, 3.8) is 0 Å². The minimum Gasteiger partial charge on any atom is -0.293 e. The maximum Gasteiger partial charge on any atom is 0.178 e. The predicted molar refractivity (Wildman–Crippen MR) is 79.7 cm³/mol. The van der Waals surface area contributed by atoms with Gasteiger partial charge >= 0.3 is 0 Å². The molecule has 0 saturated carbocycles. The first-order valence-corrected chi connectivity index (χ1v) is 7.30. The molecule has 19 heavy (non-hydrogen) atoms. The van der Waals surface area contributed by atoms with Gasteiger partial charge in [-0.1, -0.05) is 30.3 Å². The molecule has 2 nitrogen and oxygen atoms in total. The zero-order valence-corrected chi connectivity index (χ0v) is 12.9. The van der Waals surface area contributed by atoms with Gasteiger partial charge in [-0.05, 0) is 49.6 Å². The average molecular weight is 380 g/mol. The largest absolute Gasteiger partial charge is 0.293 e. The molecule has 94 valence electrons. The van der Waals surface area contributed by atoms with Crippen LogP contribution in [0.2, 0.25) is 0 Å². The number of fused-ring (bicyclic) bond motifs is 1. The van der Waals surface area contributed by atoms with Gasteiger partial charge in [-0.25, -0.2) is 0 Å². The summed E-state index contributed by atoms with van der Waals surface area (Å²) >= 11 is 6.78. The highest BCUT2D eigenvalue weighted by Gasteiger charge is 2.39. The molecule has 0 aromatic heterocycles. The second kappa shape index (κ2) is 4.69. The van der Waals surface area contributed by atoms with Crippen molar-refractivity contribution in [2.24, 2.45) is 0 Å². The molecular weight excluding hydrogens is 372 g/mol. The molecule has 1 aliphatic rings. The molecule has 4 heteroatoms. The fourth-order valence-electron chi connectivity index (χ4n) is 2.34. The topological polar surface area (TPSA) is 34.1 Å². The van der Waals surface area contributed by atoms with Crippen LogP contribution in [0.3, 0.4) is 0 Å². The highest BCUT2D eigenvalue weighted by Crippen LogP contribution is 2.36. The van der Waals surface area contributed by atoms with Crippen LogP contribution in [0.4, 0.5) is 0 Å². The Labute approximate surface area is 127 Å². The molecule has 0 fully saturated rings. The van der Waals surface area contributed by atoms with Crippen molar-refractivity contribution >= 4 is 43.4 Å². The number of halogens is 2. The minimum absolute atomic E-state index is 0.116. The second-order valence-corrected chi connectivity index (χ2v) is 6.09. The molecule has 0 atom stereocenters. The Kier molecular flexibility index (Phi) is 3.15. The minimum atomic E-state index is -0.707. The summed E-state index contributed by atoms with van der Waals surface area (Å²) < 4.78 is 1.73. The quantitative estimate of drug-likeness (QED) is 0.689. The molecule has 0 amide bonds. The summed E-state index contributed by atoms with van der Waals surface area (Å²) in [6.45, 7) is 0. The van der Waals surface area contributed by atoms with Crippen LogP contribution in [0.15, 0.2) is 51.4 Å².